The minimum Gasteiger partial charge on any atom is -0.393 e. The van der Waals surface area contributed by atoms with Crippen LogP contribution in [0.3, 0.4) is 0 Å². The number of fused-ring (bicyclic) bond motifs is 5. The number of hydrogen-bond acceptors (Lipinski definition) is 3. The first-order valence-corrected chi connectivity index (χ1v) is 11.6. The van der Waals surface area contributed by atoms with Gasteiger partial charge < -0.3 is 15.0 Å². The molecule has 0 heterocycles. The van der Waals surface area contributed by atoms with Crippen LogP contribution < -0.4 is 0 Å². The smallest absolute Gasteiger partial charge is 0.120 e. The molecule has 3 heteroatoms. The van der Waals surface area contributed by atoms with Gasteiger partial charge in [-0.25, -0.2) is 0 Å². The summed E-state index contributed by atoms with van der Waals surface area (Å²) >= 11 is 0. The Morgan fingerprint density at radius 1 is 1.00 bits per heavy atom. The van der Waals surface area contributed by atoms with E-state index in [1.54, 1.807) is 0 Å². The Morgan fingerprint density at radius 2 is 1.70 bits per heavy atom. The second-order valence-corrected chi connectivity index (χ2v) is 11.2. The van der Waals surface area contributed by atoms with Crippen molar-refractivity contribution in [3.63, 3.8) is 0 Å². The molecule has 0 saturated heterocycles. The third-order valence-electron chi connectivity index (χ3n) is 10.2. The molecule has 4 aliphatic carbocycles. The highest BCUT2D eigenvalue weighted by Crippen LogP contribution is 2.68. The van der Waals surface area contributed by atoms with Crippen molar-refractivity contribution in [1.82, 2.24) is 0 Å². The molecule has 0 aromatic carbocycles. The SMILES string of the molecule is C[C@H](CCC=O)[C@H]1CC[C@H]2[C@@H]3[C@H](O)CC4C[C@H](O)CC[C@]4(C)[C@H]3CC[C@]12C. The van der Waals surface area contributed by atoms with Crippen molar-refractivity contribution >= 4 is 6.29 Å². The number of carbonyl (C=O) groups is 1. The van der Waals surface area contributed by atoms with E-state index in [0.717, 1.165) is 38.4 Å². The average Bonchev–Trinajstić information content (AvgIpc) is 2.98. The average molecular weight is 377 g/mol. The highest BCUT2D eigenvalue weighted by atomic mass is 16.3. The van der Waals surface area contributed by atoms with Crippen LogP contribution in [0.25, 0.3) is 0 Å². The first-order chi connectivity index (χ1) is 12.8. The van der Waals surface area contributed by atoms with Gasteiger partial charge in [0.25, 0.3) is 0 Å². The first kappa shape index (κ1) is 19.9. The predicted molar refractivity (Wildman–Crippen MR) is 107 cm³/mol. The Kier molecular flexibility index (Phi) is 5.25. The van der Waals surface area contributed by atoms with E-state index < -0.39 is 0 Å². The summed E-state index contributed by atoms with van der Waals surface area (Å²) in [5.74, 6) is 3.51. The third kappa shape index (κ3) is 3.03. The zero-order chi connectivity index (χ0) is 19.4. The quantitative estimate of drug-likeness (QED) is 0.706. The molecular formula is C24H40O3. The van der Waals surface area contributed by atoms with Gasteiger partial charge in [-0.2, -0.15) is 0 Å². The normalized spacial score (nSPS) is 53.1. The lowest BCUT2D eigenvalue weighted by molar-refractivity contribution is -0.174. The number of aliphatic hydroxyl groups is 2. The van der Waals surface area contributed by atoms with Crippen molar-refractivity contribution in [3.8, 4) is 0 Å². The second kappa shape index (κ2) is 7.13. The Bertz CT molecular complexity index is 562. The van der Waals surface area contributed by atoms with E-state index in [2.05, 4.69) is 20.8 Å². The maximum absolute atomic E-state index is 11.2. The molecule has 0 bridgehead atoms. The van der Waals surface area contributed by atoms with Gasteiger partial charge in [0, 0.05) is 6.42 Å². The van der Waals surface area contributed by atoms with E-state index >= 15 is 0 Å². The summed E-state index contributed by atoms with van der Waals surface area (Å²) < 4.78 is 0. The van der Waals surface area contributed by atoms with Gasteiger partial charge in [-0.3, -0.25) is 0 Å². The maximum Gasteiger partial charge on any atom is 0.120 e. The van der Waals surface area contributed by atoms with Gasteiger partial charge in [0.2, 0.25) is 0 Å². The van der Waals surface area contributed by atoms with Crippen LogP contribution in [0.15, 0.2) is 0 Å². The number of aliphatic hydroxyl groups excluding tert-OH is 2. The van der Waals surface area contributed by atoms with Crippen LogP contribution in [-0.4, -0.2) is 28.7 Å². The van der Waals surface area contributed by atoms with E-state index in [9.17, 15) is 15.0 Å². The van der Waals surface area contributed by atoms with Gasteiger partial charge in [-0.1, -0.05) is 20.8 Å². The zero-order valence-electron chi connectivity index (χ0n) is 17.6. The summed E-state index contributed by atoms with van der Waals surface area (Å²) in [6.45, 7) is 7.34. The van der Waals surface area contributed by atoms with Crippen LogP contribution in [0.1, 0.15) is 85.0 Å². The summed E-state index contributed by atoms with van der Waals surface area (Å²) in [7, 11) is 0. The summed E-state index contributed by atoms with van der Waals surface area (Å²) in [4.78, 5) is 10.9. The Morgan fingerprint density at radius 3 is 2.44 bits per heavy atom. The van der Waals surface area contributed by atoms with Crippen LogP contribution in [0.2, 0.25) is 0 Å². The van der Waals surface area contributed by atoms with E-state index in [1.165, 1.54) is 25.7 Å². The molecule has 4 rings (SSSR count). The maximum atomic E-state index is 11.2. The van der Waals surface area contributed by atoms with Crippen LogP contribution in [0, 0.1) is 46.3 Å². The Labute approximate surface area is 165 Å². The van der Waals surface area contributed by atoms with Gasteiger partial charge in [-0.05, 0) is 104 Å². The summed E-state index contributed by atoms with van der Waals surface area (Å²) in [5, 5.41) is 21.4. The monoisotopic (exact) mass is 376 g/mol. The molecule has 0 radical (unpaired) electrons. The molecule has 4 fully saturated rings. The van der Waals surface area contributed by atoms with E-state index in [0.29, 0.717) is 52.8 Å². The van der Waals surface area contributed by atoms with Crippen molar-refractivity contribution in [3.05, 3.63) is 0 Å². The van der Waals surface area contributed by atoms with Crippen molar-refractivity contribution in [1.29, 1.82) is 0 Å². The fourth-order valence-electron chi connectivity index (χ4n) is 8.71. The van der Waals surface area contributed by atoms with Crippen LogP contribution in [0.4, 0.5) is 0 Å². The molecule has 27 heavy (non-hydrogen) atoms. The van der Waals surface area contributed by atoms with Crippen molar-refractivity contribution in [2.45, 2.75) is 97.2 Å². The molecule has 0 aromatic heterocycles. The summed E-state index contributed by atoms with van der Waals surface area (Å²) in [6.07, 6.45) is 11.4. The molecule has 0 amide bonds. The van der Waals surface area contributed by atoms with E-state index in [-0.39, 0.29) is 12.2 Å². The standard InChI is InChI=1S/C24H40O3/c1-15(5-4-12-25)18-6-7-19-22-20(9-11-24(18,19)3)23(2)10-8-17(26)13-16(23)14-21(22)27/h12,15-22,26-27H,4-11,13-14H2,1-3H3/t15-,16?,17-,18-,19+,20+,21-,22+,23+,24-/m1/s1. The molecule has 4 saturated carbocycles. The predicted octanol–water partition coefficient (Wildman–Crippen LogP) is 4.59. The van der Waals surface area contributed by atoms with Gasteiger partial charge in [0.05, 0.1) is 12.2 Å². The number of aldehydes is 1. The molecule has 3 nitrogen and oxygen atoms in total. The van der Waals surface area contributed by atoms with Crippen LogP contribution in [-0.2, 0) is 4.79 Å². The Hall–Kier alpha value is -0.410. The van der Waals surface area contributed by atoms with Gasteiger partial charge in [0.1, 0.15) is 6.29 Å². The molecule has 4 aliphatic rings. The zero-order valence-corrected chi connectivity index (χ0v) is 17.6. The molecule has 1 unspecified atom stereocenters. The minimum atomic E-state index is -0.188. The molecule has 10 atom stereocenters. The third-order valence-corrected chi connectivity index (χ3v) is 10.2. The molecule has 2 N–H and O–H groups in total. The van der Waals surface area contributed by atoms with Crippen LogP contribution >= 0.6 is 0 Å². The van der Waals surface area contributed by atoms with Crippen LogP contribution in [0.5, 0.6) is 0 Å². The van der Waals surface area contributed by atoms with Gasteiger partial charge in [0.15, 0.2) is 0 Å². The molecule has 154 valence electrons. The minimum absolute atomic E-state index is 0.157. The number of rotatable bonds is 4. The van der Waals surface area contributed by atoms with Crippen molar-refractivity contribution in [2.24, 2.45) is 46.3 Å². The molecular weight excluding hydrogens is 336 g/mol. The largest absolute Gasteiger partial charge is 0.393 e. The molecule has 0 spiro atoms. The van der Waals surface area contributed by atoms with E-state index in [4.69, 9.17) is 0 Å². The number of hydrogen-bond donors (Lipinski definition) is 2. The summed E-state index contributed by atoms with van der Waals surface area (Å²) in [6, 6.07) is 0. The fraction of sp³-hybridized carbons (Fsp3) is 0.958. The van der Waals surface area contributed by atoms with Gasteiger partial charge in [-0.15, -0.1) is 0 Å². The fourth-order valence-corrected chi connectivity index (χ4v) is 8.71. The first-order valence-electron chi connectivity index (χ1n) is 11.6. The highest BCUT2D eigenvalue weighted by molar-refractivity contribution is 5.49. The topological polar surface area (TPSA) is 57.5 Å². The molecule has 0 aromatic rings. The lowest BCUT2D eigenvalue weighted by atomic mass is 9.43. The lowest BCUT2D eigenvalue weighted by Crippen LogP contribution is -2.58. The van der Waals surface area contributed by atoms with Crippen molar-refractivity contribution < 1.29 is 15.0 Å². The lowest BCUT2D eigenvalue weighted by Gasteiger charge is -2.62. The van der Waals surface area contributed by atoms with Gasteiger partial charge >= 0.3 is 0 Å². The highest BCUT2D eigenvalue weighted by Gasteiger charge is 2.62. The van der Waals surface area contributed by atoms with E-state index in [1.807, 2.05) is 0 Å². The number of carbonyl (C=O) groups excluding carboxylic acids is 1. The van der Waals surface area contributed by atoms with Crippen molar-refractivity contribution in [2.75, 3.05) is 0 Å². The second-order valence-electron chi connectivity index (χ2n) is 11.2. The Balaban J connectivity index is 1.58. The molecule has 0 aliphatic heterocycles. The summed E-state index contributed by atoms with van der Waals surface area (Å²) in [5.41, 5.74) is 0.646.